The van der Waals surface area contributed by atoms with Crippen LogP contribution in [-0.2, 0) is 16.0 Å². The van der Waals surface area contributed by atoms with Crippen LogP contribution in [-0.4, -0.2) is 34.6 Å². The number of carbonyl (C=O) groups excluding carboxylic acids is 1. The van der Waals surface area contributed by atoms with Gasteiger partial charge in [-0.1, -0.05) is 12.1 Å². The van der Waals surface area contributed by atoms with Crippen molar-refractivity contribution in [1.29, 1.82) is 0 Å². The van der Waals surface area contributed by atoms with E-state index >= 15 is 0 Å². The molecular weight excluding hydrogens is 380 g/mol. The van der Waals surface area contributed by atoms with Gasteiger partial charge < -0.3 is 14.5 Å². The summed E-state index contributed by atoms with van der Waals surface area (Å²) in [5, 5.41) is -0.470. The molecular formula is C20H22N2O3S2. The molecule has 0 saturated carbocycles. The highest BCUT2D eigenvalue weighted by atomic mass is 32.2. The first kappa shape index (κ1) is 19.6. The van der Waals surface area contributed by atoms with Crippen LogP contribution in [0, 0.1) is 0 Å². The predicted molar refractivity (Wildman–Crippen MR) is 112 cm³/mol. The largest absolute Gasteiger partial charge is 0.483 e. The summed E-state index contributed by atoms with van der Waals surface area (Å²) < 4.78 is 10.7. The minimum Gasteiger partial charge on any atom is -0.483 e. The lowest BCUT2D eigenvalue weighted by Crippen LogP contribution is -2.18. The van der Waals surface area contributed by atoms with Gasteiger partial charge in [0.05, 0.1) is 18.1 Å². The fraction of sp³-hybridized carbons (Fsp3) is 0.300. The van der Waals surface area contributed by atoms with Crippen LogP contribution in [0.1, 0.15) is 24.4 Å². The molecule has 3 aromatic rings. The van der Waals surface area contributed by atoms with Crippen LogP contribution in [0.25, 0.3) is 11.0 Å². The van der Waals surface area contributed by atoms with E-state index in [2.05, 4.69) is 41.0 Å². The van der Waals surface area contributed by atoms with Crippen molar-refractivity contribution < 1.29 is 14.3 Å². The van der Waals surface area contributed by atoms with Crippen molar-refractivity contribution in [2.24, 2.45) is 0 Å². The summed E-state index contributed by atoms with van der Waals surface area (Å²) in [6.45, 7) is 1.96. The molecule has 0 fully saturated rings. The maximum atomic E-state index is 11.5. The van der Waals surface area contributed by atoms with Crippen LogP contribution >= 0.6 is 24.4 Å². The number of hydrogen-bond donors (Lipinski definition) is 2. The zero-order chi connectivity index (χ0) is 19.4. The topological polar surface area (TPSA) is 64.2 Å². The summed E-state index contributed by atoms with van der Waals surface area (Å²) in [4.78, 5) is 20.6. The number of methoxy groups -OCH3 is 1. The summed E-state index contributed by atoms with van der Waals surface area (Å²) in [7, 11) is 1.36. The van der Waals surface area contributed by atoms with E-state index in [0.717, 1.165) is 28.2 Å². The molecule has 2 aromatic carbocycles. The lowest BCUT2D eigenvalue weighted by molar-refractivity contribution is -0.139. The molecule has 5 nitrogen and oxygen atoms in total. The van der Waals surface area contributed by atoms with Gasteiger partial charge in [0.15, 0.2) is 6.10 Å². The first-order chi connectivity index (χ1) is 13.0. The molecule has 0 saturated heterocycles. The molecule has 1 N–H and O–H groups in total. The highest BCUT2D eigenvalue weighted by molar-refractivity contribution is 7.98. The summed E-state index contributed by atoms with van der Waals surface area (Å²) in [5.74, 6) is 1.19. The molecule has 3 rings (SSSR count). The van der Waals surface area contributed by atoms with Gasteiger partial charge in [0.2, 0.25) is 0 Å². The number of esters is 1. The SMILES string of the molecule is COC(=O)C(S)Cc1ccc(OC(C)c2nc3ccc(SC)cc3[nH]2)cc1. The molecule has 1 aromatic heterocycles. The Balaban J connectivity index is 1.67. The molecule has 0 bridgehead atoms. The van der Waals surface area contributed by atoms with Crippen molar-refractivity contribution in [3.05, 3.63) is 53.9 Å². The standard InChI is InChI=1S/C20H22N2O3S2/c1-12(19-21-16-9-8-15(27-3)11-17(16)22-19)25-14-6-4-13(5-7-14)10-18(26)20(23)24-2/h4-9,11-12,18,26H,10H2,1-3H3,(H,21,22). The summed E-state index contributed by atoms with van der Waals surface area (Å²) >= 11 is 5.96. The smallest absolute Gasteiger partial charge is 0.318 e. The fourth-order valence-electron chi connectivity index (χ4n) is 2.73. The molecule has 2 unspecified atom stereocenters. The maximum Gasteiger partial charge on any atom is 0.318 e. The number of thioether (sulfide) groups is 1. The number of thiol groups is 1. The minimum atomic E-state index is -0.470. The average molecular weight is 403 g/mol. The number of nitrogens with zero attached hydrogens (tertiary/aromatic N) is 1. The van der Waals surface area contributed by atoms with Gasteiger partial charge in [-0.15, -0.1) is 11.8 Å². The summed E-state index contributed by atoms with van der Waals surface area (Å²) in [5.41, 5.74) is 2.93. The van der Waals surface area contributed by atoms with E-state index in [-0.39, 0.29) is 12.1 Å². The van der Waals surface area contributed by atoms with E-state index in [4.69, 9.17) is 9.47 Å². The Labute approximate surface area is 168 Å². The molecule has 0 aliphatic carbocycles. The van der Waals surface area contributed by atoms with Gasteiger partial charge in [-0.25, -0.2) is 4.98 Å². The number of carbonyl (C=O) groups is 1. The predicted octanol–water partition coefficient (Wildman–Crippen LogP) is 4.44. The zero-order valence-electron chi connectivity index (χ0n) is 15.4. The van der Waals surface area contributed by atoms with Crippen molar-refractivity contribution in [2.75, 3.05) is 13.4 Å². The number of hydrogen-bond acceptors (Lipinski definition) is 6. The van der Waals surface area contributed by atoms with Gasteiger partial charge in [-0.2, -0.15) is 12.6 Å². The summed E-state index contributed by atoms with van der Waals surface area (Å²) in [6.07, 6.45) is 2.34. The number of benzene rings is 2. The molecule has 0 aliphatic heterocycles. The van der Waals surface area contributed by atoms with Gasteiger partial charge in [-0.3, -0.25) is 4.79 Å². The molecule has 0 radical (unpaired) electrons. The quantitative estimate of drug-likeness (QED) is 0.348. The van der Waals surface area contributed by atoms with E-state index < -0.39 is 5.25 Å². The van der Waals surface area contributed by atoms with Crippen LogP contribution in [0.2, 0.25) is 0 Å². The summed E-state index contributed by atoms with van der Waals surface area (Å²) in [6, 6.07) is 13.8. The highest BCUT2D eigenvalue weighted by Crippen LogP contribution is 2.25. The third-order valence-electron chi connectivity index (χ3n) is 4.23. The van der Waals surface area contributed by atoms with Gasteiger partial charge in [0.1, 0.15) is 16.8 Å². The first-order valence-corrected chi connectivity index (χ1v) is 10.3. The number of rotatable bonds is 7. The maximum absolute atomic E-state index is 11.5. The second kappa shape index (κ2) is 8.71. The minimum absolute atomic E-state index is 0.214. The third-order valence-corrected chi connectivity index (χ3v) is 5.35. The number of aromatic amines is 1. The van der Waals surface area contributed by atoms with Crippen molar-refractivity contribution in [3.63, 3.8) is 0 Å². The van der Waals surface area contributed by atoms with Gasteiger partial charge in [0.25, 0.3) is 0 Å². The Hall–Kier alpha value is -2.12. The molecule has 1 heterocycles. The number of nitrogens with one attached hydrogen (secondary N) is 1. The number of fused-ring (bicyclic) bond motifs is 1. The number of imidazole rings is 1. The number of aromatic nitrogens is 2. The molecule has 27 heavy (non-hydrogen) atoms. The van der Waals surface area contributed by atoms with E-state index in [9.17, 15) is 4.79 Å². The Morgan fingerprint density at radius 3 is 2.67 bits per heavy atom. The van der Waals surface area contributed by atoms with E-state index in [1.807, 2.05) is 37.3 Å². The van der Waals surface area contributed by atoms with Crippen LogP contribution in [0.5, 0.6) is 5.75 Å². The molecule has 0 aliphatic rings. The molecule has 0 spiro atoms. The van der Waals surface area contributed by atoms with Crippen molar-refractivity contribution >= 4 is 41.4 Å². The Bertz CT molecular complexity index is 925. The van der Waals surface area contributed by atoms with Crippen LogP contribution in [0.4, 0.5) is 0 Å². The Morgan fingerprint density at radius 1 is 1.26 bits per heavy atom. The third kappa shape index (κ3) is 4.78. The second-order valence-electron chi connectivity index (χ2n) is 6.15. The van der Waals surface area contributed by atoms with Crippen LogP contribution < -0.4 is 4.74 Å². The lowest BCUT2D eigenvalue weighted by atomic mass is 10.1. The normalized spacial score (nSPS) is 13.3. The van der Waals surface area contributed by atoms with Crippen molar-refractivity contribution in [2.45, 2.75) is 29.6 Å². The van der Waals surface area contributed by atoms with Crippen molar-refractivity contribution in [3.8, 4) is 5.75 Å². The van der Waals surface area contributed by atoms with Crippen LogP contribution in [0.3, 0.4) is 0 Å². The molecule has 142 valence electrons. The zero-order valence-corrected chi connectivity index (χ0v) is 17.1. The average Bonchev–Trinajstić information content (AvgIpc) is 3.12. The lowest BCUT2D eigenvalue weighted by Gasteiger charge is -2.13. The van der Waals surface area contributed by atoms with E-state index in [0.29, 0.717) is 6.42 Å². The first-order valence-electron chi connectivity index (χ1n) is 8.55. The molecule has 7 heteroatoms. The Morgan fingerprint density at radius 2 is 2.00 bits per heavy atom. The number of ether oxygens (including phenoxy) is 2. The monoisotopic (exact) mass is 402 g/mol. The van der Waals surface area contributed by atoms with Gasteiger partial charge in [-0.05, 0) is 55.5 Å². The number of H-pyrrole nitrogens is 1. The highest BCUT2D eigenvalue weighted by Gasteiger charge is 2.16. The van der Waals surface area contributed by atoms with E-state index in [1.54, 1.807) is 11.8 Å². The van der Waals surface area contributed by atoms with Crippen molar-refractivity contribution in [1.82, 2.24) is 9.97 Å². The fourth-order valence-corrected chi connectivity index (χ4v) is 3.49. The van der Waals surface area contributed by atoms with E-state index in [1.165, 1.54) is 12.0 Å². The molecule has 2 atom stereocenters. The molecule has 0 amide bonds. The second-order valence-corrected chi connectivity index (χ2v) is 7.66. The van der Waals surface area contributed by atoms with Gasteiger partial charge in [0, 0.05) is 4.90 Å². The van der Waals surface area contributed by atoms with Gasteiger partial charge >= 0.3 is 5.97 Å². The van der Waals surface area contributed by atoms with Crippen LogP contribution in [0.15, 0.2) is 47.4 Å². The Kier molecular flexibility index (Phi) is 6.34.